The maximum Gasteiger partial charge on any atom is 0.0620 e. The molecule has 0 saturated carbocycles. The van der Waals surface area contributed by atoms with E-state index in [9.17, 15) is 5.11 Å². The van der Waals surface area contributed by atoms with Crippen molar-refractivity contribution in [2.45, 2.75) is 39.2 Å². The molecule has 0 amide bonds. The Bertz CT molecular complexity index is 121. The van der Waals surface area contributed by atoms with Crippen LogP contribution in [0.4, 0.5) is 0 Å². The molecule has 1 aliphatic heterocycles. The van der Waals surface area contributed by atoms with Gasteiger partial charge in [0.15, 0.2) is 0 Å². The third kappa shape index (κ3) is 1.57. The Labute approximate surface area is 69.0 Å². The molecule has 11 heavy (non-hydrogen) atoms. The Morgan fingerprint density at radius 3 is 2.45 bits per heavy atom. The van der Waals surface area contributed by atoms with Gasteiger partial charge < -0.3 is 10.4 Å². The Kier molecular flexibility index (Phi) is 2.90. The van der Waals surface area contributed by atoms with Crippen LogP contribution in [0, 0.1) is 5.41 Å². The molecule has 1 heterocycles. The van der Waals surface area contributed by atoms with Crippen molar-refractivity contribution in [2.75, 3.05) is 13.1 Å². The highest BCUT2D eigenvalue weighted by Gasteiger charge is 2.36. The summed E-state index contributed by atoms with van der Waals surface area (Å²) in [6, 6.07) is 0. The van der Waals surface area contributed by atoms with Gasteiger partial charge in [0, 0.05) is 12.0 Å². The summed E-state index contributed by atoms with van der Waals surface area (Å²) < 4.78 is 0. The van der Waals surface area contributed by atoms with Crippen molar-refractivity contribution in [3.63, 3.8) is 0 Å². The van der Waals surface area contributed by atoms with E-state index in [4.69, 9.17) is 0 Å². The summed E-state index contributed by atoms with van der Waals surface area (Å²) in [6.07, 6.45) is 3.00. The topological polar surface area (TPSA) is 32.3 Å². The van der Waals surface area contributed by atoms with Crippen molar-refractivity contribution >= 4 is 0 Å². The van der Waals surface area contributed by atoms with Crippen LogP contribution in [0.3, 0.4) is 0 Å². The van der Waals surface area contributed by atoms with Gasteiger partial charge >= 0.3 is 0 Å². The van der Waals surface area contributed by atoms with Gasteiger partial charge in [-0.25, -0.2) is 0 Å². The predicted octanol–water partition coefficient (Wildman–Crippen LogP) is 1.15. The number of aliphatic hydroxyl groups excluding tert-OH is 1. The first-order valence-electron chi connectivity index (χ1n) is 4.64. The summed E-state index contributed by atoms with van der Waals surface area (Å²) in [7, 11) is 0. The third-order valence-corrected chi connectivity index (χ3v) is 3.19. The monoisotopic (exact) mass is 157 g/mol. The first-order chi connectivity index (χ1) is 5.25. The second-order valence-electron chi connectivity index (χ2n) is 3.55. The van der Waals surface area contributed by atoms with Gasteiger partial charge in [-0.2, -0.15) is 0 Å². The molecule has 2 nitrogen and oxygen atoms in total. The molecule has 0 spiro atoms. The number of hydrogen-bond acceptors (Lipinski definition) is 2. The van der Waals surface area contributed by atoms with Gasteiger partial charge in [-0.05, 0) is 25.8 Å². The smallest absolute Gasteiger partial charge is 0.0620 e. The quantitative estimate of drug-likeness (QED) is 0.630. The van der Waals surface area contributed by atoms with Gasteiger partial charge in [-0.1, -0.05) is 13.8 Å². The maximum absolute atomic E-state index is 9.78. The lowest BCUT2D eigenvalue weighted by molar-refractivity contribution is -0.00649. The van der Waals surface area contributed by atoms with Crippen LogP contribution in [0.15, 0.2) is 0 Å². The molecule has 66 valence electrons. The SMILES string of the molecule is CCC1(CC)CNCCC1O. The Morgan fingerprint density at radius 2 is 2.09 bits per heavy atom. The van der Waals surface area contributed by atoms with Crippen molar-refractivity contribution in [2.24, 2.45) is 5.41 Å². The number of rotatable bonds is 2. The molecule has 0 bridgehead atoms. The van der Waals surface area contributed by atoms with E-state index < -0.39 is 0 Å². The van der Waals surface area contributed by atoms with E-state index in [1.807, 2.05) is 0 Å². The first-order valence-corrected chi connectivity index (χ1v) is 4.64. The van der Waals surface area contributed by atoms with Crippen LogP contribution in [-0.4, -0.2) is 24.3 Å². The molecule has 1 saturated heterocycles. The zero-order chi connectivity index (χ0) is 8.32. The van der Waals surface area contributed by atoms with E-state index in [1.54, 1.807) is 0 Å². The average Bonchev–Trinajstić information content (AvgIpc) is 2.06. The van der Waals surface area contributed by atoms with Crippen molar-refractivity contribution < 1.29 is 5.11 Å². The maximum atomic E-state index is 9.78. The Balaban J connectivity index is 2.61. The van der Waals surface area contributed by atoms with E-state index in [2.05, 4.69) is 19.2 Å². The lowest BCUT2D eigenvalue weighted by Crippen LogP contribution is -2.49. The molecule has 2 heteroatoms. The highest BCUT2D eigenvalue weighted by Crippen LogP contribution is 2.33. The van der Waals surface area contributed by atoms with E-state index in [-0.39, 0.29) is 11.5 Å². The lowest BCUT2D eigenvalue weighted by atomic mass is 9.74. The van der Waals surface area contributed by atoms with Crippen LogP contribution in [0.5, 0.6) is 0 Å². The van der Waals surface area contributed by atoms with Crippen molar-refractivity contribution in [1.82, 2.24) is 5.32 Å². The third-order valence-electron chi connectivity index (χ3n) is 3.19. The molecule has 1 aliphatic rings. The summed E-state index contributed by atoms with van der Waals surface area (Å²) in [5, 5.41) is 13.1. The fourth-order valence-electron chi connectivity index (χ4n) is 1.97. The van der Waals surface area contributed by atoms with E-state index >= 15 is 0 Å². The second kappa shape index (κ2) is 3.55. The molecule has 0 radical (unpaired) electrons. The van der Waals surface area contributed by atoms with E-state index in [0.29, 0.717) is 0 Å². The molecule has 1 unspecified atom stereocenters. The van der Waals surface area contributed by atoms with E-state index in [0.717, 1.165) is 32.4 Å². The fourth-order valence-corrected chi connectivity index (χ4v) is 1.97. The summed E-state index contributed by atoms with van der Waals surface area (Å²) >= 11 is 0. The van der Waals surface area contributed by atoms with Gasteiger partial charge in [0.1, 0.15) is 0 Å². The molecule has 1 atom stereocenters. The molecular weight excluding hydrogens is 138 g/mol. The van der Waals surface area contributed by atoms with E-state index in [1.165, 1.54) is 0 Å². The number of nitrogens with one attached hydrogen (secondary N) is 1. The summed E-state index contributed by atoms with van der Waals surface area (Å²) in [5.74, 6) is 0. The zero-order valence-electron chi connectivity index (χ0n) is 7.56. The van der Waals surface area contributed by atoms with Gasteiger partial charge in [-0.15, -0.1) is 0 Å². The van der Waals surface area contributed by atoms with Crippen molar-refractivity contribution in [3.8, 4) is 0 Å². The fraction of sp³-hybridized carbons (Fsp3) is 1.00. The average molecular weight is 157 g/mol. The highest BCUT2D eigenvalue weighted by atomic mass is 16.3. The lowest BCUT2D eigenvalue weighted by Gasteiger charge is -2.40. The van der Waals surface area contributed by atoms with Crippen LogP contribution in [0.25, 0.3) is 0 Å². The summed E-state index contributed by atoms with van der Waals surface area (Å²) in [5.41, 5.74) is 0.165. The molecule has 1 fully saturated rings. The second-order valence-corrected chi connectivity index (χ2v) is 3.55. The molecule has 1 rings (SSSR count). The minimum absolute atomic E-state index is 0.0845. The minimum Gasteiger partial charge on any atom is -0.392 e. The standard InChI is InChI=1S/C9H19NO/c1-3-9(4-2)7-10-6-5-8(9)11/h8,10-11H,3-7H2,1-2H3. The normalized spacial score (nSPS) is 30.3. The van der Waals surface area contributed by atoms with Crippen LogP contribution >= 0.6 is 0 Å². The summed E-state index contributed by atoms with van der Waals surface area (Å²) in [6.45, 7) is 6.30. The molecule has 0 aliphatic carbocycles. The van der Waals surface area contributed by atoms with Gasteiger partial charge in [0.2, 0.25) is 0 Å². The van der Waals surface area contributed by atoms with Gasteiger partial charge in [0.05, 0.1) is 6.10 Å². The van der Waals surface area contributed by atoms with Gasteiger partial charge in [-0.3, -0.25) is 0 Å². The molecule has 2 N–H and O–H groups in total. The van der Waals surface area contributed by atoms with Crippen LogP contribution in [0.2, 0.25) is 0 Å². The number of piperidine rings is 1. The Hall–Kier alpha value is -0.0800. The van der Waals surface area contributed by atoms with Crippen LogP contribution < -0.4 is 5.32 Å². The van der Waals surface area contributed by atoms with Crippen molar-refractivity contribution in [1.29, 1.82) is 0 Å². The van der Waals surface area contributed by atoms with Crippen molar-refractivity contribution in [3.05, 3.63) is 0 Å². The largest absolute Gasteiger partial charge is 0.392 e. The van der Waals surface area contributed by atoms with Crippen LogP contribution in [0.1, 0.15) is 33.1 Å². The Morgan fingerprint density at radius 1 is 1.45 bits per heavy atom. The molecule has 0 aromatic heterocycles. The molecule has 0 aromatic carbocycles. The minimum atomic E-state index is -0.0845. The number of hydrogen-bond donors (Lipinski definition) is 2. The highest BCUT2D eigenvalue weighted by molar-refractivity contribution is 4.90. The summed E-state index contributed by atoms with van der Waals surface area (Å²) in [4.78, 5) is 0. The number of aliphatic hydroxyl groups is 1. The zero-order valence-corrected chi connectivity index (χ0v) is 7.56. The first kappa shape index (κ1) is 9.01. The molecular formula is C9H19NO. The predicted molar refractivity (Wildman–Crippen MR) is 46.5 cm³/mol. The van der Waals surface area contributed by atoms with Gasteiger partial charge in [0.25, 0.3) is 0 Å². The van der Waals surface area contributed by atoms with Crippen LogP contribution in [-0.2, 0) is 0 Å². The molecule has 0 aromatic rings.